The van der Waals surface area contributed by atoms with Gasteiger partial charge in [0.1, 0.15) is 17.4 Å². The van der Waals surface area contributed by atoms with Gasteiger partial charge in [-0.2, -0.15) is 10.2 Å². The van der Waals surface area contributed by atoms with Crippen molar-refractivity contribution in [2.24, 2.45) is 18.4 Å². The van der Waals surface area contributed by atoms with Crippen molar-refractivity contribution in [1.82, 2.24) is 48.6 Å². The number of alkyl halides is 2. The second-order valence-corrected chi connectivity index (χ2v) is 20.1. The van der Waals surface area contributed by atoms with E-state index >= 15 is 0 Å². The Bertz CT molecular complexity index is 2830. The number of carbonyl (C=O) groups is 4. The molecule has 11 rings (SSSR count). The first-order chi connectivity index (χ1) is 32.9. The van der Waals surface area contributed by atoms with Crippen LogP contribution in [0.5, 0.6) is 0 Å². The summed E-state index contributed by atoms with van der Waals surface area (Å²) in [6, 6.07) is 6.91. The molecule has 2 bridgehead atoms. The first-order valence-electron chi connectivity index (χ1n) is 24.3. The van der Waals surface area contributed by atoms with Gasteiger partial charge in [0, 0.05) is 58.5 Å². The first-order valence-corrected chi connectivity index (χ1v) is 24.3. The summed E-state index contributed by atoms with van der Waals surface area (Å²) in [6.07, 6.45) is 11.9. The number of fused-ring (bicyclic) bond motifs is 4. The summed E-state index contributed by atoms with van der Waals surface area (Å²) in [4.78, 5) is 76.5. The molecule has 5 aromatic rings. The Hall–Kier alpha value is -6.02. The number of aryl methyl sites for hydroxylation is 2. The molecule has 5 saturated heterocycles. The number of nitrogens with one attached hydrogen (secondary N) is 2. The fourth-order valence-electron chi connectivity index (χ4n) is 12.1. The van der Waals surface area contributed by atoms with Crippen molar-refractivity contribution < 1.29 is 32.7 Å². The van der Waals surface area contributed by atoms with Crippen molar-refractivity contribution >= 4 is 51.8 Å². The van der Waals surface area contributed by atoms with Crippen LogP contribution < -0.4 is 21.2 Å². The Morgan fingerprint density at radius 2 is 1.76 bits per heavy atom. The molecule has 1 aromatic carbocycles. The van der Waals surface area contributed by atoms with E-state index in [0.29, 0.717) is 42.0 Å². The predicted octanol–water partition coefficient (Wildman–Crippen LogP) is 4.79. The van der Waals surface area contributed by atoms with Crippen molar-refractivity contribution in [3.05, 3.63) is 70.2 Å². The molecule has 4 aromatic heterocycles. The topological polar surface area (TPSA) is 186 Å². The normalized spacial score (nSPS) is 25.3. The van der Waals surface area contributed by atoms with Crippen LogP contribution in [-0.2, 0) is 32.6 Å². The molecule has 68 heavy (non-hydrogen) atoms. The number of piperidine rings is 3. The monoisotopic (exact) mass is 936 g/mol. The van der Waals surface area contributed by atoms with E-state index < -0.39 is 30.0 Å². The lowest BCUT2D eigenvalue weighted by Gasteiger charge is -2.47. The number of likely N-dealkylation sites (tertiary alicyclic amines) is 2. The lowest BCUT2D eigenvalue weighted by molar-refractivity contribution is -0.136. The number of anilines is 2. The minimum Gasteiger partial charge on any atom is -0.374 e. The molecule has 3 atom stereocenters. The van der Waals surface area contributed by atoms with E-state index in [-0.39, 0.29) is 65.2 Å². The lowest BCUT2D eigenvalue weighted by atomic mass is 9.71. The standard InChI is InChI=1S/C48H58F2N12O6/c1-56-42-30(3-2-4-36(42)62(47(56)67)37-10-11-39(63)54-46(37)66)7-12-40(64)58-21-16-48(17-22-58)14-19-57(20-15-48)25-29-5-8-31(9-6-29)61-27-35(41(55-61)43(49)50)52-45(65)34-24-51-60-18-13-38(53-44(34)60)59-26-33-23-32(59)28-68-33/h2-4,13,18,24,27,29,31-33,37,43H,5-12,14-17,19-23,25-26,28H2,1H3,(H,52,65)(H,54,63,66)/t29-,31-,32-,33-,37?/m1/s1. The number of hydrogen-bond donors (Lipinski definition) is 2. The first kappa shape index (κ1) is 44.5. The second-order valence-electron chi connectivity index (χ2n) is 20.1. The summed E-state index contributed by atoms with van der Waals surface area (Å²) in [5.41, 5.74) is 2.23. The van der Waals surface area contributed by atoms with Crippen LogP contribution >= 0.6 is 0 Å². The Morgan fingerprint density at radius 1 is 0.985 bits per heavy atom. The SMILES string of the molecule is Cn1c(=O)n(C2CCC(=O)NC2=O)c2cccc(CCC(=O)N3CCC4(CCN(C[C@H]5CC[C@H](n6cc(NC(=O)c7cnn8ccc(N9C[C@H]%10C[C@@H]9CO%10)nc78)c(C(F)F)n6)CC5)CC4)CC3)c21. The Labute approximate surface area is 390 Å². The lowest BCUT2D eigenvalue weighted by Crippen LogP contribution is -2.49. The second kappa shape index (κ2) is 17.8. The average Bonchev–Trinajstić information content (AvgIpc) is 4.20. The fourth-order valence-corrected chi connectivity index (χ4v) is 12.1. The van der Waals surface area contributed by atoms with Gasteiger partial charge in [-0.25, -0.2) is 23.1 Å². The number of imidazole rings is 1. The molecule has 0 radical (unpaired) electrons. The minimum absolute atomic E-state index is 0.00231. The zero-order valence-corrected chi connectivity index (χ0v) is 38.3. The number of amides is 4. The largest absolute Gasteiger partial charge is 0.374 e. The highest BCUT2D eigenvalue weighted by Crippen LogP contribution is 2.43. The number of nitrogens with zero attached hydrogens (tertiary/aromatic N) is 10. The predicted molar refractivity (Wildman–Crippen MR) is 245 cm³/mol. The van der Waals surface area contributed by atoms with Gasteiger partial charge in [0.2, 0.25) is 17.7 Å². The molecule has 20 heteroatoms. The fraction of sp³-hybridized carbons (Fsp3) is 0.583. The highest BCUT2D eigenvalue weighted by Gasteiger charge is 2.41. The van der Waals surface area contributed by atoms with Gasteiger partial charge < -0.3 is 24.8 Å². The van der Waals surface area contributed by atoms with Crippen LogP contribution in [0.1, 0.15) is 117 Å². The Kier molecular flexibility index (Phi) is 11.7. The third kappa shape index (κ3) is 8.26. The summed E-state index contributed by atoms with van der Waals surface area (Å²) >= 11 is 0. The molecule has 1 saturated carbocycles. The van der Waals surface area contributed by atoms with Crippen LogP contribution in [0.15, 0.2) is 47.7 Å². The third-order valence-corrected chi connectivity index (χ3v) is 16.1. The van der Waals surface area contributed by atoms with Gasteiger partial charge in [0.25, 0.3) is 12.3 Å². The van der Waals surface area contributed by atoms with Crippen LogP contribution in [0.3, 0.4) is 0 Å². The van der Waals surface area contributed by atoms with Gasteiger partial charge in [-0.05, 0) is 113 Å². The van der Waals surface area contributed by atoms with E-state index in [9.17, 15) is 32.8 Å². The minimum atomic E-state index is -2.86. The molecule has 1 aliphatic carbocycles. The molecular formula is C48H58F2N12O6. The maximum absolute atomic E-state index is 14.4. The van der Waals surface area contributed by atoms with E-state index in [0.717, 1.165) is 108 Å². The van der Waals surface area contributed by atoms with Crippen LogP contribution in [-0.4, -0.2) is 125 Å². The smallest absolute Gasteiger partial charge is 0.329 e. The van der Waals surface area contributed by atoms with E-state index in [1.807, 2.05) is 29.2 Å². The maximum Gasteiger partial charge on any atom is 0.329 e. The molecule has 1 unspecified atom stereocenters. The molecule has 18 nitrogen and oxygen atoms in total. The number of hydrogen-bond acceptors (Lipinski definition) is 11. The molecule has 2 N–H and O–H groups in total. The quantitative estimate of drug-likeness (QED) is 0.174. The average molecular weight is 937 g/mol. The van der Waals surface area contributed by atoms with E-state index in [4.69, 9.17) is 9.72 Å². The van der Waals surface area contributed by atoms with Gasteiger partial charge in [-0.3, -0.25) is 38.3 Å². The van der Waals surface area contributed by atoms with Crippen molar-refractivity contribution in [2.75, 3.05) is 56.1 Å². The van der Waals surface area contributed by atoms with Gasteiger partial charge in [-0.15, -0.1) is 0 Å². The third-order valence-electron chi connectivity index (χ3n) is 16.1. The van der Waals surface area contributed by atoms with Crippen LogP contribution in [0, 0.1) is 11.3 Å². The van der Waals surface area contributed by atoms with E-state index in [2.05, 4.69) is 30.6 Å². The molecule has 1 spiro atoms. The number of rotatable bonds is 11. The highest BCUT2D eigenvalue weighted by atomic mass is 19.3. The number of halogens is 2. The Morgan fingerprint density at radius 3 is 2.49 bits per heavy atom. The number of aromatic nitrogens is 7. The zero-order valence-electron chi connectivity index (χ0n) is 38.3. The molecule has 6 aliphatic rings. The number of para-hydroxylation sites is 1. The number of imide groups is 1. The molecule has 6 fully saturated rings. The zero-order chi connectivity index (χ0) is 46.8. The van der Waals surface area contributed by atoms with Gasteiger partial charge in [0.15, 0.2) is 11.3 Å². The van der Waals surface area contributed by atoms with Gasteiger partial charge in [0.05, 0.1) is 47.7 Å². The van der Waals surface area contributed by atoms with Crippen molar-refractivity contribution in [3.8, 4) is 0 Å². The summed E-state index contributed by atoms with van der Waals surface area (Å²) in [6.45, 7) is 5.90. The molecule has 4 amide bonds. The number of benzene rings is 1. The number of morpholine rings is 1. The Balaban J connectivity index is 0.643. The van der Waals surface area contributed by atoms with Gasteiger partial charge >= 0.3 is 5.69 Å². The molecule has 360 valence electrons. The summed E-state index contributed by atoms with van der Waals surface area (Å²) < 4.78 is 40.6. The number of ether oxygens (including phenoxy) is 1. The number of carbonyl (C=O) groups excluding carboxylic acids is 4. The van der Waals surface area contributed by atoms with E-state index in [1.165, 1.54) is 15.3 Å². The molecular weight excluding hydrogens is 879 g/mol. The summed E-state index contributed by atoms with van der Waals surface area (Å²) in [5, 5.41) is 13.7. The van der Waals surface area contributed by atoms with Crippen molar-refractivity contribution in [3.63, 3.8) is 0 Å². The summed E-state index contributed by atoms with van der Waals surface area (Å²) in [7, 11) is 1.68. The highest BCUT2D eigenvalue weighted by molar-refractivity contribution is 6.08. The summed E-state index contributed by atoms with van der Waals surface area (Å²) in [5.74, 6) is -0.0294. The van der Waals surface area contributed by atoms with E-state index in [1.54, 1.807) is 28.7 Å². The molecule has 5 aliphatic heterocycles. The van der Waals surface area contributed by atoms with Crippen molar-refractivity contribution in [2.45, 2.75) is 114 Å². The molecule has 9 heterocycles. The van der Waals surface area contributed by atoms with Crippen LogP contribution in [0.2, 0.25) is 0 Å². The van der Waals surface area contributed by atoms with Gasteiger partial charge in [-0.1, -0.05) is 12.1 Å². The van der Waals surface area contributed by atoms with Crippen molar-refractivity contribution in [1.29, 1.82) is 0 Å². The van der Waals surface area contributed by atoms with Crippen LogP contribution in [0.4, 0.5) is 20.3 Å². The van der Waals surface area contributed by atoms with Crippen LogP contribution in [0.25, 0.3) is 16.7 Å². The maximum atomic E-state index is 14.4.